The average Bonchev–Trinajstić information content (AvgIpc) is 3.36. The van der Waals surface area contributed by atoms with E-state index in [-0.39, 0.29) is 22.2 Å². The minimum Gasteiger partial charge on any atom is -0.496 e. The number of benzene rings is 4. The van der Waals surface area contributed by atoms with Crippen LogP contribution < -0.4 is 27.0 Å². The van der Waals surface area contributed by atoms with Crippen molar-refractivity contribution in [3.63, 3.8) is 0 Å². The summed E-state index contributed by atoms with van der Waals surface area (Å²) in [5, 5.41) is 0. The van der Waals surface area contributed by atoms with Gasteiger partial charge in [0.1, 0.15) is 11.6 Å². The van der Waals surface area contributed by atoms with Crippen molar-refractivity contribution in [2.75, 3.05) is 7.11 Å². The first-order chi connectivity index (χ1) is 34.4. The maximum Gasteiger partial charge on any atom is 0.253 e. The third kappa shape index (κ3) is 16.8. The average molecular weight is 971 g/mol. The summed E-state index contributed by atoms with van der Waals surface area (Å²) in [5.41, 5.74) is 10.2. The third-order valence-electron chi connectivity index (χ3n) is 12.3. The van der Waals surface area contributed by atoms with Gasteiger partial charge in [0.05, 0.1) is 33.3 Å². The van der Waals surface area contributed by atoms with Crippen LogP contribution >= 0.6 is 0 Å². The zero-order valence-electron chi connectivity index (χ0n) is 43.6. The Labute approximate surface area is 424 Å². The van der Waals surface area contributed by atoms with Gasteiger partial charge in [-0.3, -0.25) is 19.2 Å². The molecule has 8 rings (SSSR count). The topological polar surface area (TPSA) is 97.2 Å². The summed E-state index contributed by atoms with van der Waals surface area (Å²) in [5.74, 6) is 2.47. The molecular weight excluding hydrogens is 900 g/mol. The van der Waals surface area contributed by atoms with Crippen LogP contribution in [0.3, 0.4) is 0 Å². The summed E-state index contributed by atoms with van der Waals surface area (Å²) < 4.78 is 25.0. The fraction of sp³-hybridized carbons (Fsp3) is 0.290. The molecule has 0 fully saturated rings. The minimum atomic E-state index is -0.395. The van der Waals surface area contributed by atoms with Crippen molar-refractivity contribution < 1.29 is 9.13 Å². The molecule has 0 aliphatic rings. The summed E-state index contributed by atoms with van der Waals surface area (Å²) in [6, 6.07) is 47.8. The monoisotopic (exact) mass is 971 g/mol. The number of ether oxygens (including phenoxy) is 1. The fourth-order valence-corrected chi connectivity index (χ4v) is 7.64. The molecule has 0 amide bonds. The van der Waals surface area contributed by atoms with Crippen molar-refractivity contribution in [3.8, 4) is 5.75 Å². The highest BCUT2D eigenvalue weighted by Crippen LogP contribution is 2.25. The number of nitrogens with zero attached hydrogens (tertiary/aromatic N) is 4. The van der Waals surface area contributed by atoms with E-state index >= 15 is 0 Å². The third-order valence-corrected chi connectivity index (χ3v) is 12.3. The van der Waals surface area contributed by atoms with E-state index in [2.05, 4.69) is 110 Å². The quantitative estimate of drug-likeness (QED) is 0.115. The number of halogens is 1. The number of hydrogen-bond acceptors (Lipinski definition) is 5. The number of methoxy groups -OCH3 is 1. The Morgan fingerprint density at radius 2 is 0.833 bits per heavy atom. The van der Waals surface area contributed by atoms with Gasteiger partial charge >= 0.3 is 0 Å². The smallest absolute Gasteiger partial charge is 0.253 e. The van der Waals surface area contributed by atoms with Gasteiger partial charge in [-0.2, -0.15) is 0 Å². The van der Waals surface area contributed by atoms with Crippen molar-refractivity contribution in [3.05, 3.63) is 274 Å². The highest BCUT2D eigenvalue weighted by Gasteiger charge is 2.09. The number of aryl methyl sites for hydroxylation is 1. The maximum absolute atomic E-state index is 13.1. The van der Waals surface area contributed by atoms with E-state index in [0.717, 1.165) is 33.6 Å². The van der Waals surface area contributed by atoms with Crippen molar-refractivity contribution in [2.24, 2.45) is 0 Å². The lowest BCUT2D eigenvalue weighted by atomic mass is 10.0. The van der Waals surface area contributed by atoms with E-state index in [1.807, 2.05) is 80.0 Å². The molecule has 376 valence electrons. The van der Waals surface area contributed by atoms with Crippen LogP contribution in [0.4, 0.5) is 4.39 Å². The summed E-state index contributed by atoms with van der Waals surface area (Å²) >= 11 is 0. The van der Waals surface area contributed by atoms with Crippen molar-refractivity contribution >= 4 is 0 Å². The molecule has 9 nitrogen and oxygen atoms in total. The van der Waals surface area contributed by atoms with Gasteiger partial charge < -0.3 is 23.0 Å². The van der Waals surface area contributed by atoms with Gasteiger partial charge in [-0.1, -0.05) is 159 Å². The summed E-state index contributed by atoms with van der Waals surface area (Å²) in [4.78, 5) is 46.7. The Kier molecular flexibility index (Phi) is 20.9. The van der Waals surface area contributed by atoms with Crippen molar-refractivity contribution in [1.82, 2.24) is 18.3 Å². The molecule has 4 heterocycles. The molecule has 0 saturated carbocycles. The SMILES string of the molecule is CC(C)c1ccc(Cn2cc(F)ccc2=O)cc1.CC(C)c1ccc(Cn2ccccc2=O)cc1.COc1cc(C(C)C)ccc1Cn1ccccc1=O.Cc1cccn(Cc2ccc(C(C)C)cc2)c1=O. The zero-order chi connectivity index (χ0) is 52.3. The van der Waals surface area contributed by atoms with E-state index in [9.17, 15) is 23.6 Å². The predicted molar refractivity (Wildman–Crippen MR) is 293 cm³/mol. The second-order valence-corrected chi connectivity index (χ2v) is 19.2. The highest BCUT2D eigenvalue weighted by molar-refractivity contribution is 5.39. The van der Waals surface area contributed by atoms with Gasteiger partial charge in [0.2, 0.25) is 0 Å². The molecular formula is C62H71FN4O5. The maximum atomic E-state index is 13.1. The molecule has 10 heteroatoms. The molecule has 4 aromatic heterocycles. The van der Waals surface area contributed by atoms with E-state index in [1.165, 1.54) is 45.2 Å². The van der Waals surface area contributed by atoms with Gasteiger partial charge in [0, 0.05) is 54.1 Å². The number of aromatic nitrogens is 4. The van der Waals surface area contributed by atoms with E-state index < -0.39 is 5.82 Å². The van der Waals surface area contributed by atoms with Crippen LogP contribution in [0.15, 0.2) is 196 Å². The lowest BCUT2D eigenvalue weighted by molar-refractivity contribution is 0.407. The second-order valence-electron chi connectivity index (χ2n) is 19.2. The molecule has 0 bridgehead atoms. The first kappa shape index (κ1) is 55.3. The number of rotatable bonds is 13. The first-order valence-electron chi connectivity index (χ1n) is 24.7. The fourth-order valence-electron chi connectivity index (χ4n) is 7.64. The number of pyridine rings is 4. The molecule has 0 radical (unpaired) electrons. The lowest BCUT2D eigenvalue weighted by Gasteiger charge is -2.13. The molecule has 0 aliphatic heterocycles. The molecule has 0 unspecified atom stereocenters. The Morgan fingerprint density at radius 3 is 1.28 bits per heavy atom. The van der Waals surface area contributed by atoms with Gasteiger partial charge in [-0.05, 0) is 99.9 Å². The van der Waals surface area contributed by atoms with Crippen molar-refractivity contribution in [1.29, 1.82) is 0 Å². The normalized spacial score (nSPS) is 10.8. The molecule has 8 aromatic rings. The van der Waals surface area contributed by atoms with Crippen LogP contribution in [0, 0.1) is 12.7 Å². The van der Waals surface area contributed by atoms with Crippen LogP contribution in [0.1, 0.15) is 129 Å². The molecule has 0 spiro atoms. The van der Waals surface area contributed by atoms with Gasteiger partial charge in [0.15, 0.2) is 0 Å². The summed E-state index contributed by atoms with van der Waals surface area (Å²) in [6.45, 7) is 21.3. The summed E-state index contributed by atoms with van der Waals surface area (Å²) in [7, 11) is 1.66. The van der Waals surface area contributed by atoms with Gasteiger partial charge in [-0.15, -0.1) is 0 Å². The van der Waals surface area contributed by atoms with Crippen LogP contribution in [0.5, 0.6) is 5.75 Å². The standard InChI is InChI=1S/C16H19NO2.C16H19NO.C15H16FNO.C15H17NO/c1-12(2)13-7-8-14(15(10-13)19-3)11-17-9-5-4-6-16(17)18;1-12(2)15-8-6-14(7-9-15)11-17-10-4-5-13(3)16(17)18;1-11(2)13-5-3-12(4-6-13)9-17-10-14(16)7-8-15(17)18;1-12(2)14-8-6-13(7-9-14)11-16-10-4-3-5-15(16)17/h4-10,12H,11H2,1-3H3;4-10,12H,11H2,1-3H3;3-8,10-11H,9H2,1-2H3;3-10,12H,11H2,1-2H3. The molecule has 4 aromatic carbocycles. The number of hydrogen-bond donors (Lipinski definition) is 0. The molecule has 0 aliphatic carbocycles. The van der Waals surface area contributed by atoms with E-state index in [0.29, 0.717) is 49.9 Å². The van der Waals surface area contributed by atoms with Crippen molar-refractivity contribution in [2.45, 2.75) is 112 Å². The largest absolute Gasteiger partial charge is 0.496 e. The minimum absolute atomic E-state index is 0.00232. The Morgan fingerprint density at radius 1 is 0.431 bits per heavy atom. The Bertz CT molecular complexity index is 3130. The van der Waals surface area contributed by atoms with Crippen LogP contribution in [-0.4, -0.2) is 25.4 Å². The van der Waals surface area contributed by atoms with Crippen LogP contribution in [0.25, 0.3) is 0 Å². The van der Waals surface area contributed by atoms with Crippen LogP contribution in [0.2, 0.25) is 0 Å². The molecule has 72 heavy (non-hydrogen) atoms. The first-order valence-corrected chi connectivity index (χ1v) is 24.7. The zero-order valence-corrected chi connectivity index (χ0v) is 43.6. The van der Waals surface area contributed by atoms with E-state index in [1.54, 1.807) is 51.3 Å². The van der Waals surface area contributed by atoms with Crippen LogP contribution in [-0.2, 0) is 26.2 Å². The highest BCUT2D eigenvalue weighted by atomic mass is 19.1. The molecule has 0 saturated heterocycles. The second kappa shape index (κ2) is 27.1. The van der Waals surface area contributed by atoms with Gasteiger partial charge in [0.25, 0.3) is 22.2 Å². The lowest BCUT2D eigenvalue weighted by Crippen LogP contribution is -2.21. The molecule has 0 atom stereocenters. The Hall–Kier alpha value is -7.59. The van der Waals surface area contributed by atoms with Gasteiger partial charge in [-0.25, -0.2) is 4.39 Å². The summed E-state index contributed by atoms with van der Waals surface area (Å²) in [6.07, 6.45) is 6.68. The predicted octanol–water partition coefficient (Wildman–Crippen LogP) is 12.5. The van der Waals surface area contributed by atoms with E-state index in [4.69, 9.17) is 4.74 Å². The molecule has 0 N–H and O–H groups in total. The Balaban J connectivity index is 0.000000178.